The molecule has 35 heavy (non-hydrogen) atoms. The summed E-state index contributed by atoms with van der Waals surface area (Å²) in [5.74, 6) is -0.174. The first-order valence-corrected chi connectivity index (χ1v) is 10.9. The van der Waals surface area contributed by atoms with Crippen LogP contribution in [0.3, 0.4) is 0 Å². The quantitative estimate of drug-likeness (QED) is 0.367. The SMILES string of the molecule is Cc1[nH]n(-c2ccccc2)c(=O)c1C1=C([n+]2ccccc2)C(=O)N(c2ccc3c(c2)OCO3)C1=O. The summed E-state index contributed by atoms with van der Waals surface area (Å²) in [5.41, 5.74) is 1.24. The summed E-state index contributed by atoms with van der Waals surface area (Å²) in [5, 5.41) is 3.04. The number of H-pyrrole nitrogens is 1. The smallest absolute Gasteiger partial charge is 0.331 e. The van der Waals surface area contributed by atoms with Crippen LogP contribution in [0.25, 0.3) is 17.0 Å². The molecule has 2 aliphatic rings. The number of carbonyl (C=O) groups excluding carboxylic acids is 2. The van der Waals surface area contributed by atoms with Gasteiger partial charge in [-0.15, -0.1) is 0 Å². The Kier molecular flexibility index (Phi) is 4.63. The Balaban J connectivity index is 1.55. The minimum Gasteiger partial charge on any atom is -0.454 e. The van der Waals surface area contributed by atoms with Gasteiger partial charge >= 0.3 is 5.91 Å². The largest absolute Gasteiger partial charge is 0.454 e. The van der Waals surface area contributed by atoms with E-state index in [0.717, 1.165) is 4.90 Å². The standard InChI is InChI=1S/C26H18N4O5/c1-16-21(25(32)30(27-16)17-8-4-2-5-9-17)22-23(28-12-6-3-7-13-28)26(33)29(24(22)31)18-10-11-19-20(14-18)35-15-34-19/h2-14H,15H2,1H3/p+1. The molecule has 6 rings (SSSR count). The topological polar surface area (TPSA) is 97.5 Å². The first-order chi connectivity index (χ1) is 17.0. The first-order valence-electron chi connectivity index (χ1n) is 10.9. The summed E-state index contributed by atoms with van der Waals surface area (Å²) in [7, 11) is 0. The maximum Gasteiger partial charge on any atom is 0.331 e. The van der Waals surface area contributed by atoms with E-state index < -0.39 is 17.4 Å². The molecule has 2 amide bonds. The number of ether oxygens (including phenoxy) is 2. The Labute approximate surface area is 199 Å². The van der Waals surface area contributed by atoms with Gasteiger partial charge in [0.25, 0.3) is 17.2 Å². The molecule has 4 heterocycles. The van der Waals surface area contributed by atoms with Crippen molar-refractivity contribution in [3.05, 3.63) is 101 Å². The molecule has 9 nitrogen and oxygen atoms in total. The molecule has 0 unspecified atom stereocenters. The fourth-order valence-electron chi connectivity index (χ4n) is 4.39. The summed E-state index contributed by atoms with van der Waals surface area (Å²) in [6.45, 7) is 1.77. The van der Waals surface area contributed by atoms with Gasteiger partial charge in [-0.1, -0.05) is 24.3 Å². The lowest BCUT2D eigenvalue weighted by Crippen LogP contribution is -2.39. The monoisotopic (exact) mass is 467 g/mol. The van der Waals surface area contributed by atoms with Crippen LogP contribution in [0.5, 0.6) is 11.5 Å². The number of hydrogen-bond donors (Lipinski definition) is 1. The zero-order valence-electron chi connectivity index (χ0n) is 18.6. The number of pyridine rings is 1. The molecule has 172 valence electrons. The van der Waals surface area contributed by atoms with Crippen LogP contribution in [0.15, 0.2) is 83.9 Å². The highest BCUT2D eigenvalue weighted by atomic mass is 16.7. The van der Waals surface area contributed by atoms with E-state index in [9.17, 15) is 14.4 Å². The molecule has 4 aromatic rings. The van der Waals surface area contributed by atoms with Crippen molar-refractivity contribution < 1.29 is 23.6 Å². The third-order valence-electron chi connectivity index (χ3n) is 5.98. The normalized spacial score (nSPS) is 14.8. The van der Waals surface area contributed by atoms with Crippen LogP contribution in [-0.4, -0.2) is 28.4 Å². The Bertz CT molecular complexity index is 1590. The van der Waals surface area contributed by atoms with Crippen LogP contribution in [-0.2, 0) is 9.59 Å². The summed E-state index contributed by atoms with van der Waals surface area (Å²) >= 11 is 0. The number of aromatic nitrogens is 3. The maximum atomic E-state index is 13.9. The van der Waals surface area contributed by atoms with E-state index in [-0.39, 0.29) is 23.6 Å². The molecule has 0 fully saturated rings. The minimum absolute atomic E-state index is 0.0253. The van der Waals surface area contributed by atoms with Crippen molar-refractivity contribution in [2.75, 3.05) is 11.7 Å². The van der Waals surface area contributed by atoms with Crippen LogP contribution in [0, 0.1) is 6.92 Å². The molecule has 1 N–H and O–H groups in total. The highest BCUT2D eigenvalue weighted by Crippen LogP contribution is 2.39. The Hall–Kier alpha value is -4.92. The van der Waals surface area contributed by atoms with Gasteiger partial charge in [-0.05, 0) is 31.2 Å². The van der Waals surface area contributed by atoms with Gasteiger partial charge in [-0.25, -0.2) is 9.58 Å². The second-order valence-electron chi connectivity index (χ2n) is 8.08. The van der Waals surface area contributed by atoms with Gasteiger partial charge in [-0.2, -0.15) is 4.57 Å². The van der Waals surface area contributed by atoms with Gasteiger partial charge in [0.15, 0.2) is 23.9 Å². The lowest BCUT2D eigenvalue weighted by Gasteiger charge is -2.14. The van der Waals surface area contributed by atoms with Gasteiger partial charge in [0, 0.05) is 23.9 Å². The first kappa shape index (κ1) is 20.7. The highest BCUT2D eigenvalue weighted by molar-refractivity contribution is 6.53. The van der Waals surface area contributed by atoms with Crippen LogP contribution in [0.1, 0.15) is 11.3 Å². The fourth-order valence-corrected chi connectivity index (χ4v) is 4.39. The molecule has 0 saturated heterocycles. The number of fused-ring (bicyclic) bond motifs is 1. The molecule has 2 aromatic carbocycles. The number of aromatic amines is 1. The number of benzene rings is 2. The van der Waals surface area contributed by atoms with Crippen molar-refractivity contribution in [2.45, 2.75) is 6.92 Å². The van der Waals surface area contributed by atoms with Gasteiger partial charge < -0.3 is 9.47 Å². The zero-order valence-corrected chi connectivity index (χ0v) is 18.6. The third-order valence-corrected chi connectivity index (χ3v) is 5.98. The minimum atomic E-state index is -0.598. The van der Waals surface area contributed by atoms with Crippen molar-refractivity contribution >= 4 is 28.8 Å². The average molecular weight is 467 g/mol. The molecule has 0 atom stereocenters. The van der Waals surface area contributed by atoms with E-state index in [0.29, 0.717) is 28.6 Å². The van der Waals surface area contributed by atoms with Gasteiger partial charge in [0.1, 0.15) is 5.57 Å². The Morgan fingerprint density at radius 2 is 1.54 bits per heavy atom. The lowest BCUT2D eigenvalue weighted by atomic mass is 10.1. The molecular formula is C26H19N4O5+. The molecule has 2 aromatic heterocycles. The zero-order chi connectivity index (χ0) is 24.1. The predicted octanol–water partition coefficient (Wildman–Crippen LogP) is 2.43. The van der Waals surface area contributed by atoms with Crippen LogP contribution in [0.4, 0.5) is 5.69 Å². The fraction of sp³-hybridized carbons (Fsp3) is 0.0769. The van der Waals surface area contributed by atoms with Crippen molar-refractivity contribution in [1.82, 2.24) is 9.78 Å². The number of imide groups is 1. The number of carbonyl (C=O) groups is 2. The second kappa shape index (κ2) is 7.84. The van der Waals surface area contributed by atoms with Crippen LogP contribution < -0.4 is 24.5 Å². The van der Waals surface area contributed by atoms with Crippen molar-refractivity contribution in [3.63, 3.8) is 0 Å². The van der Waals surface area contributed by atoms with E-state index in [2.05, 4.69) is 5.10 Å². The number of nitrogens with zero attached hydrogens (tertiary/aromatic N) is 3. The van der Waals surface area contributed by atoms with Gasteiger partial charge in [0.05, 0.1) is 16.9 Å². The highest BCUT2D eigenvalue weighted by Gasteiger charge is 2.48. The maximum absolute atomic E-state index is 13.9. The van der Waals surface area contributed by atoms with E-state index >= 15 is 0 Å². The molecule has 2 aliphatic heterocycles. The Morgan fingerprint density at radius 1 is 0.829 bits per heavy atom. The van der Waals surface area contributed by atoms with E-state index in [1.807, 2.05) is 18.2 Å². The molecule has 9 heteroatoms. The molecule has 0 aliphatic carbocycles. The molecule has 0 radical (unpaired) electrons. The summed E-state index contributed by atoms with van der Waals surface area (Å²) in [4.78, 5) is 42.2. The molecule has 0 bridgehead atoms. The number of anilines is 1. The number of para-hydroxylation sites is 1. The van der Waals surface area contributed by atoms with Gasteiger partial charge in [-0.3, -0.25) is 19.5 Å². The van der Waals surface area contributed by atoms with E-state index in [1.54, 1.807) is 72.4 Å². The molecule has 0 saturated carbocycles. The van der Waals surface area contributed by atoms with Crippen LogP contribution in [0.2, 0.25) is 0 Å². The van der Waals surface area contributed by atoms with Crippen molar-refractivity contribution in [3.8, 4) is 17.2 Å². The summed E-state index contributed by atoms with van der Waals surface area (Å²) in [6.07, 6.45) is 3.34. The van der Waals surface area contributed by atoms with E-state index in [4.69, 9.17) is 9.47 Å². The third kappa shape index (κ3) is 3.17. The molecular weight excluding hydrogens is 448 g/mol. The van der Waals surface area contributed by atoms with Crippen LogP contribution >= 0.6 is 0 Å². The number of aryl methyl sites for hydroxylation is 1. The predicted molar refractivity (Wildman–Crippen MR) is 126 cm³/mol. The lowest BCUT2D eigenvalue weighted by molar-refractivity contribution is -0.576. The van der Waals surface area contributed by atoms with E-state index in [1.165, 1.54) is 4.68 Å². The Morgan fingerprint density at radius 3 is 2.31 bits per heavy atom. The molecule has 0 spiro atoms. The number of amides is 2. The number of rotatable bonds is 4. The number of hydrogen-bond acceptors (Lipinski definition) is 5. The second-order valence-corrected chi connectivity index (χ2v) is 8.08. The summed E-state index contributed by atoms with van der Waals surface area (Å²) in [6, 6.07) is 19.2. The number of nitrogens with one attached hydrogen (secondary N) is 1. The average Bonchev–Trinajstić information content (AvgIpc) is 3.53. The van der Waals surface area contributed by atoms with Gasteiger partial charge in [0.2, 0.25) is 6.79 Å². The van der Waals surface area contributed by atoms with Crippen molar-refractivity contribution in [2.24, 2.45) is 0 Å². The summed E-state index contributed by atoms with van der Waals surface area (Å²) < 4.78 is 13.7. The van der Waals surface area contributed by atoms with Crippen molar-refractivity contribution in [1.29, 1.82) is 0 Å².